The predicted octanol–water partition coefficient (Wildman–Crippen LogP) is 4.16. The molecule has 0 fully saturated rings. The quantitative estimate of drug-likeness (QED) is 0.446. The van der Waals surface area contributed by atoms with Crippen LogP contribution in [0.5, 0.6) is 0 Å². The van der Waals surface area contributed by atoms with E-state index in [2.05, 4.69) is 14.7 Å². The van der Waals surface area contributed by atoms with E-state index >= 15 is 0 Å². The Hall–Kier alpha value is -2.71. The third-order valence-corrected chi connectivity index (χ3v) is 5.00. The third kappa shape index (κ3) is 3.86. The molecule has 0 saturated carbocycles. The molecule has 0 aliphatic heterocycles. The molecular weight excluding hydrogens is 367 g/mol. The molecule has 138 valence electrons. The lowest BCUT2D eigenvalue weighted by molar-refractivity contribution is 0.186. The molecule has 4 rings (SSSR count). The van der Waals surface area contributed by atoms with Crippen LogP contribution in [0.25, 0.3) is 22.5 Å². The second-order valence-electron chi connectivity index (χ2n) is 5.84. The number of hydrogen-bond acceptors (Lipinski definition) is 6. The van der Waals surface area contributed by atoms with Crippen molar-refractivity contribution >= 4 is 22.8 Å². The molecule has 0 bridgehead atoms. The van der Waals surface area contributed by atoms with E-state index in [4.69, 9.17) is 14.2 Å². The molecule has 0 aliphatic rings. The number of hydrogen-bond donors (Lipinski definition) is 0. The lowest BCUT2D eigenvalue weighted by Crippen LogP contribution is -2.05. The summed E-state index contributed by atoms with van der Waals surface area (Å²) in [6.07, 6.45) is 0. The number of thioether (sulfide) groups is 1. The molecule has 0 radical (unpaired) electrons. The van der Waals surface area contributed by atoms with Gasteiger partial charge in [-0.1, -0.05) is 29.1 Å². The maximum atomic E-state index is 13.0. The van der Waals surface area contributed by atoms with E-state index in [-0.39, 0.29) is 5.82 Å². The number of aromatic nitrogens is 4. The van der Waals surface area contributed by atoms with Crippen LogP contribution in [0.1, 0.15) is 5.82 Å². The average molecular weight is 384 g/mol. The van der Waals surface area contributed by atoms with Gasteiger partial charge in [-0.2, -0.15) is 4.98 Å². The number of ether oxygens (including phenoxy) is 1. The zero-order chi connectivity index (χ0) is 18.6. The Bertz CT molecular complexity index is 1050. The van der Waals surface area contributed by atoms with Gasteiger partial charge in [0.15, 0.2) is 11.0 Å². The molecule has 0 unspecified atom stereocenters. The lowest BCUT2D eigenvalue weighted by Gasteiger charge is -2.07. The summed E-state index contributed by atoms with van der Waals surface area (Å²) in [5, 5.41) is 4.89. The van der Waals surface area contributed by atoms with Crippen LogP contribution in [0.2, 0.25) is 0 Å². The highest BCUT2D eigenvalue weighted by atomic mass is 32.2. The van der Waals surface area contributed by atoms with Crippen molar-refractivity contribution in [2.75, 3.05) is 13.7 Å². The van der Waals surface area contributed by atoms with Crippen molar-refractivity contribution in [1.82, 2.24) is 19.7 Å². The highest BCUT2D eigenvalue weighted by Crippen LogP contribution is 2.27. The number of halogens is 1. The molecule has 8 heteroatoms. The van der Waals surface area contributed by atoms with E-state index in [9.17, 15) is 4.39 Å². The lowest BCUT2D eigenvalue weighted by atomic mass is 10.2. The minimum Gasteiger partial charge on any atom is -0.383 e. The Morgan fingerprint density at radius 3 is 2.74 bits per heavy atom. The summed E-state index contributed by atoms with van der Waals surface area (Å²) in [6, 6.07) is 14.0. The van der Waals surface area contributed by atoms with Gasteiger partial charge in [0.25, 0.3) is 5.89 Å². The summed E-state index contributed by atoms with van der Waals surface area (Å²) in [7, 11) is 1.68. The molecule has 0 N–H and O–H groups in total. The first kappa shape index (κ1) is 17.7. The second-order valence-corrected chi connectivity index (χ2v) is 6.78. The van der Waals surface area contributed by atoms with Gasteiger partial charge in [0.05, 0.1) is 23.4 Å². The molecular formula is C19H17FN4O2S. The minimum atomic E-state index is -0.302. The number of methoxy groups -OCH3 is 1. The van der Waals surface area contributed by atoms with E-state index in [1.807, 2.05) is 24.3 Å². The van der Waals surface area contributed by atoms with Crippen molar-refractivity contribution in [3.63, 3.8) is 0 Å². The Morgan fingerprint density at radius 2 is 1.93 bits per heavy atom. The van der Waals surface area contributed by atoms with E-state index in [1.54, 1.807) is 19.2 Å². The van der Waals surface area contributed by atoms with E-state index in [0.717, 1.165) is 16.2 Å². The van der Waals surface area contributed by atoms with Crippen molar-refractivity contribution in [2.24, 2.45) is 0 Å². The summed E-state index contributed by atoms with van der Waals surface area (Å²) in [4.78, 5) is 9.09. The van der Waals surface area contributed by atoms with Crippen LogP contribution in [0, 0.1) is 5.82 Å². The van der Waals surface area contributed by atoms with Crippen LogP contribution in [-0.4, -0.2) is 33.4 Å². The summed E-state index contributed by atoms with van der Waals surface area (Å²) in [6.45, 7) is 1.32. The SMILES string of the molecule is COCCn1c(SCc2noc(-c3ccc(F)cc3)n2)nc2ccccc21. The molecule has 4 aromatic rings. The fourth-order valence-corrected chi connectivity index (χ4v) is 3.60. The number of para-hydroxylation sites is 2. The second kappa shape index (κ2) is 7.89. The minimum absolute atomic E-state index is 0.302. The van der Waals surface area contributed by atoms with Gasteiger partial charge in [-0.25, -0.2) is 9.37 Å². The maximum absolute atomic E-state index is 13.0. The molecule has 0 saturated heterocycles. The van der Waals surface area contributed by atoms with Gasteiger partial charge in [-0.3, -0.25) is 0 Å². The molecule has 0 spiro atoms. The topological polar surface area (TPSA) is 66.0 Å². The first-order valence-electron chi connectivity index (χ1n) is 8.40. The van der Waals surface area contributed by atoms with Crippen LogP contribution in [-0.2, 0) is 17.0 Å². The standard InChI is InChI=1S/C19H17FN4O2S/c1-25-11-10-24-16-5-3-2-4-15(16)21-19(24)27-12-17-22-18(26-23-17)13-6-8-14(20)9-7-13/h2-9H,10-12H2,1H3. The van der Waals surface area contributed by atoms with Crippen molar-refractivity contribution < 1.29 is 13.7 Å². The Balaban J connectivity index is 1.52. The first-order chi connectivity index (χ1) is 13.2. The monoisotopic (exact) mass is 384 g/mol. The van der Waals surface area contributed by atoms with Crippen molar-refractivity contribution in [2.45, 2.75) is 17.5 Å². The molecule has 0 atom stereocenters. The summed E-state index contributed by atoms with van der Waals surface area (Å²) < 4.78 is 25.7. The van der Waals surface area contributed by atoms with Gasteiger partial charge in [0.2, 0.25) is 0 Å². The molecule has 27 heavy (non-hydrogen) atoms. The van der Waals surface area contributed by atoms with Crippen LogP contribution in [0.3, 0.4) is 0 Å². The number of nitrogens with zero attached hydrogens (tertiary/aromatic N) is 4. The van der Waals surface area contributed by atoms with E-state index in [0.29, 0.717) is 36.2 Å². The van der Waals surface area contributed by atoms with E-state index < -0.39 is 0 Å². The van der Waals surface area contributed by atoms with E-state index in [1.165, 1.54) is 23.9 Å². The van der Waals surface area contributed by atoms with Gasteiger partial charge >= 0.3 is 0 Å². The zero-order valence-electron chi connectivity index (χ0n) is 14.6. The molecule has 2 aromatic heterocycles. The van der Waals surface area contributed by atoms with Crippen molar-refractivity contribution in [1.29, 1.82) is 0 Å². The number of benzene rings is 2. The molecule has 0 amide bonds. The number of imidazole rings is 1. The van der Waals surface area contributed by atoms with Gasteiger partial charge in [0, 0.05) is 19.2 Å². The maximum Gasteiger partial charge on any atom is 0.257 e. The molecule has 2 aromatic carbocycles. The van der Waals surface area contributed by atoms with Crippen LogP contribution in [0.4, 0.5) is 4.39 Å². The van der Waals surface area contributed by atoms with Crippen LogP contribution in [0.15, 0.2) is 58.2 Å². The fourth-order valence-electron chi connectivity index (χ4n) is 2.71. The molecule has 6 nitrogen and oxygen atoms in total. The average Bonchev–Trinajstić information content (AvgIpc) is 3.30. The van der Waals surface area contributed by atoms with Crippen LogP contribution < -0.4 is 0 Å². The summed E-state index contributed by atoms with van der Waals surface area (Å²) in [5.41, 5.74) is 2.70. The highest BCUT2D eigenvalue weighted by Gasteiger charge is 2.14. The Kier molecular flexibility index (Phi) is 5.17. The number of rotatable bonds is 7. The molecule has 2 heterocycles. The highest BCUT2D eigenvalue weighted by molar-refractivity contribution is 7.98. The van der Waals surface area contributed by atoms with Crippen molar-refractivity contribution in [3.8, 4) is 11.5 Å². The zero-order valence-corrected chi connectivity index (χ0v) is 15.4. The molecule has 0 aliphatic carbocycles. The Morgan fingerprint density at radius 1 is 1.11 bits per heavy atom. The fraction of sp³-hybridized carbons (Fsp3) is 0.211. The predicted molar refractivity (Wildman–Crippen MR) is 101 cm³/mol. The number of fused-ring (bicyclic) bond motifs is 1. The van der Waals surface area contributed by atoms with Crippen LogP contribution >= 0.6 is 11.8 Å². The van der Waals surface area contributed by atoms with Gasteiger partial charge in [-0.05, 0) is 36.4 Å². The third-order valence-electron chi connectivity index (χ3n) is 4.03. The normalized spacial score (nSPS) is 11.3. The summed E-state index contributed by atoms with van der Waals surface area (Å²) >= 11 is 1.54. The Labute approximate surface area is 159 Å². The largest absolute Gasteiger partial charge is 0.383 e. The van der Waals surface area contributed by atoms with Gasteiger partial charge in [0.1, 0.15) is 5.82 Å². The van der Waals surface area contributed by atoms with Gasteiger partial charge < -0.3 is 13.8 Å². The first-order valence-corrected chi connectivity index (χ1v) is 9.38. The smallest absolute Gasteiger partial charge is 0.257 e. The van der Waals surface area contributed by atoms with Crippen molar-refractivity contribution in [3.05, 3.63) is 60.2 Å². The summed E-state index contributed by atoms with van der Waals surface area (Å²) in [5.74, 6) is 1.15. The van der Waals surface area contributed by atoms with Gasteiger partial charge in [-0.15, -0.1) is 0 Å².